The Bertz CT molecular complexity index is 990. The number of alkyl carbamates (subject to hydrolysis) is 1. The maximum absolute atomic E-state index is 12.3. The van der Waals surface area contributed by atoms with Crippen LogP contribution in [0.2, 0.25) is 0 Å². The average molecular weight is 388 g/mol. The fraction of sp³-hybridized carbons (Fsp3) is 0.174. The molecule has 2 N–H and O–H groups in total. The normalized spacial score (nSPS) is 13.2. The molecule has 0 fully saturated rings. The van der Waals surface area contributed by atoms with Gasteiger partial charge in [-0.05, 0) is 33.9 Å². The van der Waals surface area contributed by atoms with Crippen molar-refractivity contribution < 1.29 is 19.4 Å². The lowest BCUT2D eigenvalue weighted by Gasteiger charge is -2.17. The molecule has 29 heavy (non-hydrogen) atoms. The minimum absolute atomic E-state index is 0.0743. The lowest BCUT2D eigenvalue weighted by molar-refractivity contribution is -0.139. The molecule has 1 amide bonds. The zero-order chi connectivity index (χ0) is 20.2. The number of amides is 1. The fourth-order valence-corrected chi connectivity index (χ4v) is 3.74. The van der Waals surface area contributed by atoms with Crippen molar-refractivity contribution in [3.8, 4) is 11.1 Å². The number of carbonyl (C=O) groups is 2. The van der Waals surface area contributed by atoms with Crippen LogP contribution in [0.4, 0.5) is 4.79 Å². The van der Waals surface area contributed by atoms with Crippen molar-refractivity contribution in [3.63, 3.8) is 0 Å². The van der Waals surface area contributed by atoms with E-state index in [1.807, 2.05) is 36.4 Å². The van der Waals surface area contributed by atoms with Crippen molar-refractivity contribution in [2.24, 2.45) is 0 Å². The van der Waals surface area contributed by atoms with Crippen molar-refractivity contribution >= 4 is 12.1 Å². The molecule has 1 aromatic heterocycles. The number of carboxylic acid groups (broad SMARTS) is 1. The highest BCUT2D eigenvalue weighted by molar-refractivity contribution is 5.81. The van der Waals surface area contributed by atoms with E-state index in [1.165, 1.54) is 0 Å². The van der Waals surface area contributed by atoms with Gasteiger partial charge < -0.3 is 15.2 Å². The van der Waals surface area contributed by atoms with Crippen molar-refractivity contribution in [1.29, 1.82) is 0 Å². The molecule has 1 heterocycles. The van der Waals surface area contributed by atoms with Gasteiger partial charge in [-0.25, -0.2) is 9.59 Å². The molecule has 0 spiro atoms. The lowest BCUT2D eigenvalue weighted by Crippen LogP contribution is -2.42. The van der Waals surface area contributed by atoms with E-state index in [1.54, 1.807) is 24.5 Å². The smallest absolute Gasteiger partial charge is 0.407 e. The van der Waals surface area contributed by atoms with E-state index in [0.717, 1.165) is 27.8 Å². The summed E-state index contributed by atoms with van der Waals surface area (Å²) in [6, 6.07) is 18.5. The number of carboxylic acids is 1. The monoisotopic (exact) mass is 388 g/mol. The Morgan fingerprint density at radius 2 is 1.66 bits per heavy atom. The van der Waals surface area contributed by atoms with Crippen LogP contribution in [0.5, 0.6) is 0 Å². The zero-order valence-electron chi connectivity index (χ0n) is 15.6. The van der Waals surface area contributed by atoms with Crippen LogP contribution in [0.3, 0.4) is 0 Å². The molecule has 2 aromatic carbocycles. The molecule has 0 unspecified atom stereocenters. The number of carbonyl (C=O) groups excluding carboxylic acids is 1. The van der Waals surface area contributed by atoms with Crippen LogP contribution in [0.25, 0.3) is 11.1 Å². The second kappa shape index (κ2) is 8.14. The molecule has 0 aliphatic heterocycles. The Balaban J connectivity index is 1.43. The summed E-state index contributed by atoms with van der Waals surface area (Å²) in [6.07, 6.45) is 2.57. The summed E-state index contributed by atoms with van der Waals surface area (Å²) in [5.41, 5.74) is 5.20. The van der Waals surface area contributed by atoms with Gasteiger partial charge >= 0.3 is 12.1 Å². The minimum atomic E-state index is -1.12. The predicted molar refractivity (Wildman–Crippen MR) is 108 cm³/mol. The standard InChI is InChI=1S/C23H20N2O4/c26-22(27)21(12-15-6-5-11-24-13-15)25-23(28)29-14-20-18-9-3-1-7-16(18)17-8-2-4-10-19(17)20/h1-11,13,20-21H,12,14H2,(H,25,28)(H,26,27)/t21-/m0/s1. The number of pyridine rings is 1. The largest absolute Gasteiger partial charge is 0.480 e. The Morgan fingerprint density at radius 1 is 1.00 bits per heavy atom. The van der Waals surface area contributed by atoms with Crippen molar-refractivity contribution in [2.75, 3.05) is 6.61 Å². The summed E-state index contributed by atoms with van der Waals surface area (Å²) >= 11 is 0. The molecule has 6 nitrogen and oxygen atoms in total. The lowest BCUT2D eigenvalue weighted by atomic mass is 9.98. The number of ether oxygens (including phenoxy) is 1. The predicted octanol–water partition coefficient (Wildman–Crippen LogP) is 3.62. The molecular weight excluding hydrogens is 368 g/mol. The van der Waals surface area contributed by atoms with Gasteiger partial charge in [-0.1, -0.05) is 54.6 Å². The van der Waals surface area contributed by atoms with E-state index in [2.05, 4.69) is 22.4 Å². The van der Waals surface area contributed by atoms with Gasteiger partial charge in [-0.2, -0.15) is 0 Å². The molecule has 146 valence electrons. The molecule has 1 aliphatic rings. The molecule has 0 saturated carbocycles. The van der Waals surface area contributed by atoms with Gasteiger partial charge in [0.25, 0.3) is 0 Å². The molecule has 4 rings (SSSR count). The second-order valence-corrected chi connectivity index (χ2v) is 6.93. The number of nitrogens with one attached hydrogen (secondary N) is 1. The van der Waals surface area contributed by atoms with Gasteiger partial charge in [0.1, 0.15) is 12.6 Å². The second-order valence-electron chi connectivity index (χ2n) is 6.93. The first-order chi connectivity index (χ1) is 14.1. The van der Waals surface area contributed by atoms with Gasteiger partial charge in [0, 0.05) is 24.7 Å². The molecule has 1 aliphatic carbocycles. The molecule has 0 radical (unpaired) electrons. The molecule has 0 saturated heterocycles. The number of benzene rings is 2. The third-order valence-electron chi connectivity index (χ3n) is 5.10. The van der Waals surface area contributed by atoms with Gasteiger partial charge in [-0.15, -0.1) is 0 Å². The highest BCUT2D eigenvalue weighted by Crippen LogP contribution is 2.44. The molecule has 0 bridgehead atoms. The van der Waals surface area contributed by atoms with E-state index in [9.17, 15) is 14.7 Å². The Morgan fingerprint density at radius 3 is 2.24 bits per heavy atom. The van der Waals surface area contributed by atoms with Crippen LogP contribution in [-0.2, 0) is 16.0 Å². The van der Waals surface area contributed by atoms with Crippen LogP contribution in [0.15, 0.2) is 73.1 Å². The van der Waals surface area contributed by atoms with E-state index < -0.39 is 18.1 Å². The van der Waals surface area contributed by atoms with Crippen LogP contribution in [0, 0.1) is 0 Å². The first-order valence-corrected chi connectivity index (χ1v) is 9.36. The highest BCUT2D eigenvalue weighted by Gasteiger charge is 2.29. The molecule has 6 heteroatoms. The van der Waals surface area contributed by atoms with Crippen molar-refractivity contribution in [1.82, 2.24) is 10.3 Å². The SMILES string of the molecule is O=C(N[C@@H](Cc1cccnc1)C(=O)O)OCC1c2ccccc2-c2ccccc21. The third-order valence-corrected chi connectivity index (χ3v) is 5.10. The van der Waals surface area contributed by atoms with Gasteiger partial charge in [0.15, 0.2) is 0 Å². The molecular formula is C23H20N2O4. The fourth-order valence-electron chi connectivity index (χ4n) is 3.74. The summed E-state index contributed by atoms with van der Waals surface area (Å²) in [6.45, 7) is 0.138. The summed E-state index contributed by atoms with van der Waals surface area (Å²) < 4.78 is 5.43. The highest BCUT2D eigenvalue weighted by atomic mass is 16.5. The van der Waals surface area contributed by atoms with E-state index in [-0.39, 0.29) is 18.9 Å². The van der Waals surface area contributed by atoms with Crippen LogP contribution < -0.4 is 5.32 Å². The number of aromatic nitrogens is 1. The number of hydrogen-bond donors (Lipinski definition) is 2. The summed E-state index contributed by atoms with van der Waals surface area (Å²) in [5.74, 6) is -1.20. The first-order valence-electron chi connectivity index (χ1n) is 9.36. The number of aliphatic carboxylic acids is 1. The number of fused-ring (bicyclic) bond motifs is 3. The first kappa shape index (κ1) is 18.7. The van der Waals surface area contributed by atoms with Gasteiger partial charge in [0.05, 0.1) is 0 Å². The topological polar surface area (TPSA) is 88.5 Å². The maximum atomic E-state index is 12.3. The molecule has 3 aromatic rings. The Kier molecular flexibility index (Phi) is 5.24. The Hall–Kier alpha value is -3.67. The van der Waals surface area contributed by atoms with E-state index in [4.69, 9.17) is 4.74 Å². The minimum Gasteiger partial charge on any atom is -0.480 e. The molecule has 1 atom stereocenters. The number of nitrogens with zero attached hydrogens (tertiary/aromatic N) is 1. The van der Waals surface area contributed by atoms with Gasteiger partial charge in [0.2, 0.25) is 0 Å². The zero-order valence-corrected chi connectivity index (χ0v) is 15.6. The summed E-state index contributed by atoms with van der Waals surface area (Å²) in [5, 5.41) is 11.9. The van der Waals surface area contributed by atoms with E-state index in [0.29, 0.717) is 0 Å². The Labute approximate surface area is 168 Å². The third kappa shape index (κ3) is 3.96. The van der Waals surface area contributed by atoms with Crippen LogP contribution in [-0.4, -0.2) is 34.8 Å². The number of hydrogen-bond acceptors (Lipinski definition) is 4. The summed E-state index contributed by atoms with van der Waals surface area (Å²) in [4.78, 5) is 27.8. The average Bonchev–Trinajstić information content (AvgIpc) is 3.06. The van der Waals surface area contributed by atoms with Gasteiger partial charge in [-0.3, -0.25) is 4.98 Å². The maximum Gasteiger partial charge on any atom is 0.407 e. The van der Waals surface area contributed by atoms with Crippen molar-refractivity contribution in [3.05, 3.63) is 89.7 Å². The quantitative estimate of drug-likeness (QED) is 0.673. The van der Waals surface area contributed by atoms with Crippen LogP contribution >= 0.6 is 0 Å². The summed E-state index contributed by atoms with van der Waals surface area (Å²) in [7, 11) is 0. The van der Waals surface area contributed by atoms with Crippen LogP contribution in [0.1, 0.15) is 22.6 Å². The van der Waals surface area contributed by atoms with Crippen molar-refractivity contribution in [2.45, 2.75) is 18.4 Å². The number of rotatable bonds is 6. The van der Waals surface area contributed by atoms with E-state index >= 15 is 0 Å².